The predicted molar refractivity (Wildman–Crippen MR) is 179 cm³/mol. The summed E-state index contributed by atoms with van der Waals surface area (Å²) in [5.41, 5.74) is 4.05. The van der Waals surface area contributed by atoms with E-state index in [1.165, 1.54) is 48.0 Å². The number of amides is 1. The summed E-state index contributed by atoms with van der Waals surface area (Å²) < 4.78 is 3.63. The van der Waals surface area contributed by atoms with Crippen LogP contribution in [-0.2, 0) is 13.1 Å². The van der Waals surface area contributed by atoms with Crippen LogP contribution in [0.1, 0.15) is 82.1 Å². The van der Waals surface area contributed by atoms with Crippen LogP contribution in [0.25, 0.3) is 21.1 Å². The molecule has 0 radical (unpaired) electrons. The first-order chi connectivity index (χ1) is 20.4. The Hall–Kier alpha value is -2.90. The lowest BCUT2D eigenvalue weighted by molar-refractivity contribution is 0.0741. The van der Waals surface area contributed by atoms with E-state index >= 15 is 0 Å². The molecule has 0 atom stereocenters. The first kappa shape index (κ1) is 30.6. The van der Waals surface area contributed by atoms with Crippen LogP contribution in [-0.4, -0.2) is 58.0 Å². The summed E-state index contributed by atoms with van der Waals surface area (Å²) in [5, 5.41) is 7.23. The lowest BCUT2D eigenvalue weighted by Crippen LogP contribution is -2.34. The predicted octanol–water partition coefficient (Wildman–Crippen LogP) is 8.27. The molecule has 0 spiro atoms. The van der Waals surface area contributed by atoms with E-state index in [1.807, 2.05) is 12.1 Å². The number of hydrogen-bond donors (Lipinski definition) is 1. The Bertz CT molecular complexity index is 1440. The Morgan fingerprint density at radius 3 is 2.45 bits per heavy atom. The van der Waals surface area contributed by atoms with E-state index in [1.54, 1.807) is 11.3 Å². The molecule has 0 unspecified atom stereocenters. The molecule has 2 aromatic carbocycles. The molecule has 7 heteroatoms. The first-order valence-electron chi connectivity index (χ1n) is 16.1. The highest BCUT2D eigenvalue weighted by Crippen LogP contribution is 2.28. The van der Waals surface area contributed by atoms with Crippen LogP contribution in [0.2, 0.25) is 0 Å². The number of nitrogens with one attached hydrogen (secondary N) is 1. The number of fused-ring (bicyclic) bond motifs is 2. The minimum absolute atomic E-state index is 0.138. The van der Waals surface area contributed by atoms with Gasteiger partial charge in [0, 0.05) is 36.4 Å². The number of hydrogen-bond acceptors (Lipinski definition) is 5. The van der Waals surface area contributed by atoms with Crippen LogP contribution in [0.15, 0.2) is 47.8 Å². The number of carbonyl (C=O) groups is 1. The van der Waals surface area contributed by atoms with E-state index in [0.717, 1.165) is 74.5 Å². The van der Waals surface area contributed by atoms with E-state index in [0.29, 0.717) is 11.8 Å². The standard InChI is InChI=1S/C35H49N5OS/c1-26(2)15-21-39(22-16-27(3)4)34(41)28-13-14-31-32(23-28)40(20-10-19-38-17-8-5-9-18-38)35(37-31)36-24-29-25-42-33-12-7-6-11-30(29)33/h6-7,11-14,23,25-27H,5,8-10,15-22,24H2,1-4H3,(H,36,37). The Morgan fingerprint density at radius 2 is 1.71 bits per heavy atom. The third-order valence-corrected chi connectivity index (χ3v) is 9.55. The second kappa shape index (κ2) is 14.5. The fourth-order valence-corrected chi connectivity index (χ4v) is 6.88. The third-order valence-electron chi connectivity index (χ3n) is 8.54. The van der Waals surface area contributed by atoms with Crippen LogP contribution >= 0.6 is 11.3 Å². The number of thiophene rings is 1. The minimum Gasteiger partial charge on any atom is -0.351 e. The molecule has 226 valence electrons. The molecule has 1 saturated heterocycles. The summed E-state index contributed by atoms with van der Waals surface area (Å²) in [4.78, 5) is 23.5. The lowest BCUT2D eigenvalue weighted by Gasteiger charge is -2.26. The number of anilines is 1. The van der Waals surface area contributed by atoms with Crippen molar-refractivity contribution >= 4 is 44.3 Å². The van der Waals surface area contributed by atoms with Crippen molar-refractivity contribution < 1.29 is 4.79 Å². The average molecular weight is 588 g/mol. The molecule has 4 aromatic rings. The van der Waals surface area contributed by atoms with Gasteiger partial charge in [-0.1, -0.05) is 52.3 Å². The molecule has 3 heterocycles. The Labute approximate surface area is 256 Å². The molecule has 0 aliphatic carbocycles. The number of piperidine rings is 1. The second-order valence-corrected chi connectivity index (χ2v) is 13.7. The highest BCUT2D eigenvalue weighted by atomic mass is 32.1. The average Bonchev–Trinajstić information content (AvgIpc) is 3.56. The fourth-order valence-electron chi connectivity index (χ4n) is 5.92. The van der Waals surface area contributed by atoms with Gasteiger partial charge in [-0.25, -0.2) is 4.98 Å². The number of nitrogens with zero attached hydrogens (tertiary/aromatic N) is 4. The highest BCUT2D eigenvalue weighted by molar-refractivity contribution is 7.17. The second-order valence-electron chi connectivity index (χ2n) is 12.8. The zero-order chi connectivity index (χ0) is 29.5. The van der Waals surface area contributed by atoms with Crippen molar-refractivity contribution in [2.24, 2.45) is 11.8 Å². The largest absolute Gasteiger partial charge is 0.351 e. The van der Waals surface area contributed by atoms with Gasteiger partial charge in [-0.3, -0.25) is 4.79 Å². The number of imidazole rings is 1. The zero-order valence-corrected chi connectivity index (χ0v) is 26.9. The molecule has 42 heavy (non-hydrogen) atoms. The van der Waals surface area contributed by atoms with Gasteiger partial charge in [0.1, 0.15) is 0 Å². The van der Waals surface area contributed by atoms with Crippen LogP contribution in [0.3, 0.4) is 0 Å². The molecule has 6 nitrogen and oxygen atoms in total. The summed E-state index contributed by atoms with van der Waals surface area (Å²) in [7, 11) is 0. The van der Waals surface area contributed by atoms with E-state index in [2.05, 4.69) is 83.1 Å². The van der Waals surface area contributed by atoms with Crippen molar-refractivity contribution in [2.75, 3.05) is 38.0 Å². The normalized spacial score (nSPS) is 14.4. The molecule has 0 saturated carbocycles. The van der Waals surface area contributed by atoms with E-state index < -0.39 is 0 Å². The minimum atomic E-state index is 0.138. The lowest BCUT2D eigenvalue weighted by atomic mass is 10.1. The van der Waals surface area contributed by atoms with Crippen molar-refractivity contribution in [2.45, 2.75) is 79.3 Å². The summed E-state index contributed by atoms with van der Waals surface area (Å²) in [5.74, 6) is 2.16. The van der Waals surface area contributed by atoms with Crippen molar-refractivity contribution in [3.63, 3.8) is 0 Å². The van der Waals surface area contributed by atoms with Gasteiger partial charge in [-0.2, -0.15) is 0 Å². The number of likely N-dealkylation sites (tertiary alicyclic amines) is 1. The van der Waals surface area contributed by atoms with Gasteiger partial charge < -0.3 is 19.7 Å². The van der Waals surface area contributed by atoms with Crippen molar-refractivity contribution in [3.05, 3.63) is 59.0 Å². The van der Waals surface area contributed by atoms with Gasteiger partial charge >= 0.3 is 0 Å². The summed E-state index contributed by atoms with van der Waals surface area (Å²) in [6.07, 6.45) is 7.08. The number of benzene rings is 2. The number of aromatic nitrogens is 2. The van der Waals surface area contributed by atoms with Gasteiger partial charge in [0.15, 0.2) is 0 Å². The molecule has 0 bridgehead atoms. The molecule has 1 N–H and O–H groups in total. The molecule has 1 amide bonds. The van der Waals surface area contributed by atoms with Crippen molar-refractivity contribution in [1.29, 1.82) is 0 Å². The molecule has 5 rings (SSSR count). The van der Waals surface area contributed by atoms with Gasteiger partial charge in [0.25, 0.3) is 5.91 Å². The van der Waals surface area contributed by atoms with Crippen molar-refractivity contribution in [1.82, 2.24) is 19.4 Å². The molecule has 2 aromatic heterocycles. The van der Waals surface area contributed by atoms with E-state index in [4.69, 9.17) is 4.98 Å². The first-order valence-corrected chi connectivity index (χ1v) is 17.0. The number of carbonyl (C=O) groups excluding carboxylic acids is 1. The third kappa shape index (κ3) is 7.73. The van der Waals surface area contributed by atoms with Gasteiger partial charge in [0.2, 0.25) is 5.95 Å². The maximum Gasteiger partial charge on any atom is 0.253 e. The maximum atomic E-state index is 13.8. The smallest absolute Gasteiger partial charge is 0.253 e. The van der Waals surface area contributed by atoms with Crippen molar-refractivity contribution in [3.8, 4) is 0 Å². The fraction of sp³-hybridized carbons (Fsp3) is 0.543. The van der Waals surface area contributed by atoms with Crippen LogP contribution in [0, 0.1) is 11.8 Å². The van der Waals surface area contributed by atoms with Gasteiger partial charge in [-0.05, 0) is 104 Å². The number of rotatable bonds is 14. The topological polar surface area (TPSA) is 53.4 Å². The summed E-state index contributed by atoms with van der Waals surface area (Å²) in [6.45, 7) is 15.6. The SMILES string of the molecule is CC(C)CCN(CCC(C)C)C(=O)c1ccc2nc(NCc3csc4ccccc34)n(CCCN3CCCCC3)c2c1. The molecular weight excluding hydrogens is 538 g/mol. The molecular formula is C35H49N5OS. The Balaban J connectivity index is 1.40. The number of aryl methyl sites for hydroxylation is 1. The monoisotopic (exact) mass is 587 g/mol. The van der Waals surface area contributed by atoms with E-state index in [-0.39, 0.29) is 5.91 Å². The van der Waals surface area contributed by atoms with Crippen LogP contribution < -0.4 is 5.32 Å². The van der Waals surface area contributed by atoms with Gasteiger partial charge in [0.05, 0.1) is 11.0 Å². The maximum absolute atomic E-state index is 13.8. The molecule has 1 aliphatic heterocycles. The van der Waals surface area contributed by atoms with Crippen LogP contribution in [0.5, 0.6) is 0 Å². The van der Waals surface area contributed by atoms with Gasteiger partial charge in [-0.15, -0.1) is 11.3 Å². The molecule has 1 fully saturated rings. The molecule has 1 aliphatic rings. The Kier molecular flexibility index (Phi) is 10.6. The zero-order valence-electron chi connectivity index (χ0n) is 26.1. The summed E-state index contributed by atoms with van der Waals surface area (Å²) >= 11 is 1.79. The Morgan fingerprint density at radius 1 is 0.976 bits per heavy atom. The van der Waals surface area contributed by atoms with E-state index in [9.17, 15) is 4.79 Å². The highest BCUT2D eigenvalue weighted by Gasteiger charge is 2.20. The van der Waals surface area contributed by atoms with Crippen LogP contribution in [0.4, 0.5) is 5.95 Å². The quantitative estimate of drug-likeness (QED) is 0.161. The summed E-state index contributed by atoms with van der Waals surface area (Å²) in [6, 6.07) is 14.7.